The number of nitriles is 1. The molecule has 0 aliphatic carbocycles. The summed E-state index contributed by atoms with van der Waals surface area (Å²) in [5.74, 6) is 0. The Morgan fingerprint density at radius 3 is 2.17 bits per heavy atom. The molecule has 0 heterocycles. The van der Waals surface area contributed by atoms with Crippen LogP contribution in [0.4, 0.5) is 0 Å². The van der Waals surface area contributed by atoms with Gasteiger partial charge in [0.15, 0.2) is 0 Å². The molecule has 0 aromatic carbocycles. The van der Waals surface area contributed by atoms with E-state index in [1.165, 1.54) is 0 Å². The molecular formula is C4H7NSe. The Labute approximate surface area is 44.5 Å². The normalized spacial score (nSPS) is 8.33. The molecule has 0 aromatic rings. The monoisotopic (exact) mass is 149 g/mol. The Balaban J connectivity index is 2.88. The van der Waals surface area contributed by atoms with Gasteiger partial charge in [-0.25, -0.2) is 0 Å². The molecular weight excluding hydrogens is 141 g/mol. The topological polar surface area (TPSA) is 23.8 Å². The molecule has 0 radical (unpaired) electrons. The van der Waals surface area contributed by atoms with Crippen molar-refractivity contribution in [2.75, 3.05) is 0 Å². The number of hydrogen-bond acceptors (Lipinski definition) is 1. The van der Waals surface area contributed by atoms with E-state index in [2.05, 4.69) is 18.8 Å². The predicted octanol–water partition coefficient (Wildman–Crippen LogP) is 1.000. The molecule has 0 fully saturated rings. The zero-order valence-corrected chi connectivity index (χ0v) is 5.65. The van der Waals surface area contributed by atoms with Crippen LogP contribution in [0.5, 0.6) is 0 Å². The van der Waals surface area contributed by atoms with Gasteiger partial charge in [0.25, 0.3) is 0 Å². The van der Waals surface area contributed by atoms with Crippen molar-refractivity contribution in [1.29, 1.82) is 5.26 Å². The zero-order chi connectivity index (χ0) is 4.99. The zero-order valence-electron chi connectivity index (χ0n) is 3.93. The number of hydrogen-bond donors (Lipinski definition) is 0. The van der Waals surface area contributed by atoms with E-state index < -0.39 is 0 Å². The summed E-state index contributed by atoms with van der Waals surface area (Å²) in [4.78, 5) is 2.73. The first-order chi connectivity index (χ1) is 2.77. The second-order valence-corrected chi connectivity index (χ2v) is 4.11. The molecule has 0 aliphatic heterocycles. The maximum absolute atomic E-state index is 8.01. The summed E-state index contributed by atoms with van der Waals surface area (Å²) >= 11 is 0.222. The standard InChI is InChI=1S/C4H7NSe/c1-4(2)6-3-5/h4H,1-2H3. The molecule has 0 N–H and O–H groups in total. The van der Waals surface area contributed by atoms with E-state index in [-0.39, 0.29) is 15.0 Å². The Bertz CT molecular complexity index is 62.4. The van der Waals surface area contributed by atoms with Crippen molar-refractivity contribution < 1.29 is 0 Å². The molecule has 6 heavy (non-hydrogen) atoms. The van der Waals surface area contributed by atoms with Crippen LogP contribution in [0.25, 0.3) is 0 Å². The van der Waals surface area contributed by atoms with E-state index in [1.807, 2.05) is 0 Å². The van der Waals surface area contributed by atoms with Gasteiger partial charge in [-0.3, -0.25) is 0 Å². The van der Waals surface area contributed by atoms with Crippen LogP contribution in [0.3, 0.4) is 0 Å². The molecule has 34 valence electrons. The van der Waals surface area contributed by atoms with E-state index in [1.54, 1.807) is 0 Å². The third-order valence-corrected chi connectivity index (χ3v) is 1.50. The van der Waals surface area contributed by atoms with Crippen molar-refractivity contribution in [3.05, 3.63) is 0 Å². The maximum atomic E-state index is 8.01. The minimum atomic E-state index is 0.222. The summed E-state index contributed by atoms with van der Waals surface area (Å²) in [6, 6.07) is 0. The predicted molar refractivity (Wildman–Crippen MR) is 26.5 cm³/mol. The van der Waals surface area contributed by atoms with E-state index in [4.69, 9.17) is 5.26 Å². The molecule has 0 bridgehead atoms. The Kier molecular flexibility index (Phi) is 3.21. The summed E-state index contributed by atoms with van der Waals surface area (Å²) in [6.45, 7) is 4.12. The van der Waals surface area contributed by atoms with Gasteiger partial charge in [0, 0.05) is 0 Å². The summed E-state index contributed by atoms with van der Waals surface area (Å²) in [7, 11) is 0. The van der Waals surface area contributed by atoms with E-state index in [0.717, 1.165) is 0 Å². The summed E-state index contributed by atoms with van der Waals surface area (Å²) in [5, 5.41) is 8.01. The molecule has 0 unspecified atom stereocenters. The second kappa shape index (κ2) is 3.21. The van der Waals surface area contributed by atoms with Crippen molar-refractivity contribution in [3.8, 4) is 4.97 Å². The van der Waals surface area contributed by atoms with Crippen LogP contribution in [-0.2, 0) is 0 Å². The van der Waals surface area contributed by atoms with Gasteiger partial charge in [-0.15, -0.1) is 0 Å². The van der Waals surface area contributed by atoms with Crippen molar-refractivity contribution in [3.63, 3.8) is 0 Å². The molecule has 0 aliphatic rings. The van der Waals surface area contributed by atoms with Gasteiger partial charge in [0.1, 0.15) is 0 Å². The van der Waals surface area contributed by atoms with Crippen molar-refractivity contribution in [2.45, 2.75) is 18.7 Å². The van der Waals surface area contributed by atoms with Crippen LogP contribution in [0, 0.1) is 10.2 Å². The average Bonchev–Trinajstić information content (AvgIpc) is 1.35. The Hall–Kier alpha value is 0.00948. The van der Waals surface area contributed by atoms with E-state index in [9.17, 15) is 0 Å². The van der Waals surface area contributed by atoms with Gasteiger partial charge < -0.3 is 0 Å². The number of nitrogens with zero attached hydrogens (tertiary/aromatic N) is 1. The second-order valence-electron chi connectivity index (χ2n) is 1.26. The molecule has 2 heteroatoms. The Morgan fingerprint density at radius 2 is 2.17 bits per heavy atom. The third-order valence-electron chi connectivity index (χ3n) is 0.288. The molecule has 0 saturated carbocycles. The molecule has 0 spiro atoms. The third kappa shape index (κ3) is 4.01. The molecule has 0 amide bonds. The molecule has 1 nitrogen and oxygen atoms in total. The molecule has 0 aromatic heterocycles. The molecule has 0 saturated heterocycles. The van der Waals surface area contributed by atoms with Gasteiger partial charge in [0.05, 0.1) is 0 Å². The van der Waals surface area contributed by atoms with Gasteiger partial charge >= 0.3 is 43.9 Å². The van der Waals surface area contributed by atoms with Gasteiger partial charge in [-0.1, -0.05) is 0 Å². The van der Waals surface area contributed by atoms with Gasteiger partial charge in [-0.2, -0.15) is 0 Å². The van der Waals surface area contributed by atoms with Crippen LogP contribution in [0.2, 0.25) is 4.82 Å². The fourth-order valence-corrected chi connectivity index (χ4v) is 0.548. The van der Waals surface area contributed by atoms with Gasteiger partial charge in [0.2, 0.25) is 0 Å². The first-order valence-electron chi connectivity index (χ1n) is 1.82. The minimum absolute atomic E-state index is 0.222. The summed E-state index contributed by atoms with van der Waals surface area (Å²) < 4.78 is 0. The van der Waals surface area contributed by atoms with Crippen LogP contribution >= 0.6 is 0 Å². The SMILES string of the molecule is CC(C)[Se]C#N. The van der Waals surface area contributed by atoms with Crippen molar-refractivity contribution in [1.82, 2.24) is 0 Å². The van der Waals surface area contributed by atoms with Crippen molar-refractivity contribution in [2.24, 2.45) is 0 Å². The van der Waals surface area contributed by atoms with Gasteiger partial charge in [-0.05, 0) is 0 Å². The van der Waals surface area contributed by atoms with Crippen LogP contribution in [-0.4, -0.2) is 15.0 Å². The fourth-order valence-electron chi connectivity index (χ4n) is 0.105. The van der Waals surface area contributed by atoms with Crippen LogP contribution < -0.4 is 0 Å². The summed E-state index contributed by atoms with van der Waals surface area (Å²) in [5.41, 5.74) is 0. The quantitative estimate of drug-likeness (QED) is 0.509. The molecule has 0 rings (SSSR count). The van der Waals surface area contributed by atoms with Crippen molar-refractivity contribution >= 4 is 15.0 Å². The van der Waals surface area contributed by atoms with E-state index in [0.29, 0.717) is 4.82 Å². The van der Waals surface area contributed by atoms with Crippen LogP contribution in [0.15, 0.2) is 0 Å². The van der Waals surface area contributed by atoms with E-state index >= 15 is 0 Å². The first kappa shape index (κ1) is 6.01. The Morgan fingerprint density at radius 1 is 1.67 bits per heavy atom. The first-order valence-corrected chi connectivity index (χ1v) is 3.66. The average molecular weight is 148 g/mol. The van der Waals surface area contributed by atoms with Crippen LogP contribution in [0.1, 0.15) is 13.8 Å². The number of rotatable bonds is 1. The molecule has 0 atom stereocenters. The summed E-state index contributed by atoms with van der Waals surface area (Å²) in [6.07, 6.45) is 0. The fraction of sp³-hybridized carbons (Fsp3) is 0.750.